The molecule has 0 aromatic carbocycles. The smallest absolute Gasteiger partial charge is 0.318 e. The van der Waals surface area contributed by atoms with Crippen LogP contribution in [0.4, 0.5) is 5.82 Å². The number of methoxy groups -OCH3 is 1. The fourth-order valence-corrected chi connectivity index (χ4v) is 2.58. The normalized spacial score (nSPS) is 24.5. The van der Waals surface area contributed by atoms with Gasteiger partial charge in [0.05, 0.1) is 37.7 Å². The number of halogens is 1. The van der Waals surface area contributed by atoms with Crippen molar-refractivity contribution in [3.05, 3.63) is 29.2 Å². The molecule has 0 aliphatic heterocycles. The molecule has 1 saturated carbocycles. The minimum atomic E-state index is -0.440. The molecule has 8 heteroatoms. The van der Waals surface area contributed by atoms with Crippen molar-refractivity contribution in [1.29, 1.82) is 0 Å². The molecular formula is C13H16ClN5O2. The predicted octanol–water partition coefficient (Wildman–Crippen LogP) is 1.43. The fourth-order valence-electron chi connectivity index (χ4n) is 2.44. The van der Waals surface area contributed by atoms with E-state index in [0.717, 1.165) is 5.56 Å². The monoisotopic (exact) mass is 309 g/mol. The van der Waals surface area contributed by atoms with Gasteiger partial charge in [-0.25, -0.2) is 4.98 Å². The first-order valence-electron chi connectivity index (χ1n) is 6.60. The predicted molar refractivity (Wildman–Crippen MR) is 77.6 cm³/mol. The number of hydrogen-bond donors (Lipinski definition) is 2. The summed E-state index contributed by atoms with van der Waals surface area (Å²) < 4.78 is 6.76. The van der Waals surface area contributed by atoms with E-state index in [9.17, 15) is 5.11 Å². The Morgan fingerprint density at radius 3 is 2.90 bits per heavy atom. The highest BCUT2D eigenvalue weighted by Crippen LogP contribution is 2.36. The lowest BCUT2D eigenvalue weighted by Crippen LogP contribution is -2.51. The molecular weight excluding hydrogens is 294 g/mol. The van der Waals surface area contributed by atoms with Gasteiger partial charge in [-0.05, 0) is 18.9 Å². The van der Waals surface area contributed by atoms with E-state index < -0.39 is 6.10 Å². The van der Waals surface area contributed by atoms with E-state index in [1.165, 1.54) is 13.3 Å². The van der Waals surface area contributed by atoms with E-state index in [1.54, 1.807) is 10.9 Å². The number of aliphatic hydroxyl groups excluding tert-OH is 1. The SMILES string of the molecule is COc1ncc(Cl)c(N[C@H]2C[C@@H](O)[C@@H]2n2cc(C)cn2)n1. The fraction of sp³-hybridized carbons (Fsp3) is 0.462. The van der Waals surface area contributed by atoms with Crippen LogP contribution in [-0.4, -0.2) is 44.1 Å². The second-order valence-corrected chi connectivity index (χ2v) is 5.50. The van der Waals surface area contributed by atoms with Gasteiger partial charge in [0.15, 0.2) is 5.82 Å². The molecule has 21 heavy (non-hydrogen) atoms. The van der Waals surface area contributed by atoms with E-state index in [1.807, 2.05) is 13.1 Å². The molecule has 3 atom stereocenters. The summed E-state index contributed by atoms with van der Waals surface area (Å²) in [4.78, 5) is 8.12. The number of nitrogens with zero attached hydrogens (tertiary/aromatic N) is 4. The van der Waals surface area contributed by atoms with Crippen LogP contribution in [0.5, 0.6) is 6.01 Å². The molecule has 1 fully saturated rings. The van der Waals surface area contributed by atoms with Gasteiger partial charge in [-0.3, -0.25) is 4.68 Å². The van der Waals surface area contributed by atoms with Gasteiger partial charge in [-0.2, -0.15) is 10.1 Å². The molecule has 2 N–H and O–H groups in total. The minimum absolute atomic E-state index is 0.00333. The Kier molecular flexibility index (Phi) is 3.69. The van der Waals surface area contributed by atoms with Crippen LogP contribution in [0.2, 0.25) is 5.02 Å². The summed E-state index contributed by atoms with van der Waals surface area (Å²) in [5.41, 5.74) is 1.05. The summed E-state index contributed by atoms with van der Waals surface area (Å²) >= 11 is 6.08. The highest BCUT2D eigenvalue weighted by Gasteiger charge is 2.42. The first kappa shape index (κ1) is 14.1. The first-order chi connectivity index (χ1) is 10.1. The second kappa shape index (κ2) is 5.50. The van der Waals surface area contributed by atoms with Gasteiger partial charge in [-0.1, -0.05) is 11.6 Å². The molecule has 0 spiro atoms. The number of aryl methyl sites for hydroxylation is 1. The van der Waals surface area contributed by atoms with Gasteiger partial charge in [0.25, 0.3) is 0 Å². The Bertz CT molecular complexity index is 647. The Morgan fingerprint density at radius 2 is 2.29 bits per heavy atom. The number of aromatic nitrogens is 4. The number of hydrogen-bond acceptors (Lipinski definition) is 6. The maximum Gasteiger partial charge on any atom is 0.318 e. The van der Waals surface area contributed by atoms with E-state index in [0.29, 0.717) is 17.3 Å². The van der Waals surface area contributed by atoms with E-state index in [-0.39, 0.29) is 18.1 Å². The molecule has 1 aliphatic rings. The number of anilines is 1. The van der Waals surface area contributed by atoms with Crippen LogP contribution < -0.4 is 10.1 Å². The maximum absolute atomic E-state index is 10.00. The van der Waals surface area contributed by atoms with Crippen LogP contribution in [0.3, 0.4) is 0 Å². The van der Waals surface area contributed by atoms with Gasteiger partial charge in [-0.15, -0.1) is 0 Å². The van der Waals surface area contributed by atoms with Crippen molar-refractivity contribution >= 4 is 17.4 Å². The molecule has 0 amide bonds. The van der Waals surface area contributed by atoms with Crippen LogP contribution in [-0.2, 0) is 0 Å². The first-order valence-corrected chi connectivity index (χ1v) is 6.98. The van der Waals surface area contributed by atoms with Crippen LogP contribution in [0.25, 0.3) is 0 Å². The minimum Gasteiger partial charge on any atom is -0.467 e. The molecule has 0 saturated heterocycles. The summed E-state index contributed by atoms with van der Waals surface area (Å²) in [7, 11) is 1.50. The summed E-state index contributed by atoms with van der Waals surface area (Å²) in [6, 6.07) is 0.0976. The molecule has 0 radical (unpaired) electrons. The Hall–Kier alpha value is -1.86. The van der Waals surface area contributed by atoms with E-state index in [4.69, 9.17) is 16.3 Å². The third-order valence-electron chi connectivity index (χ3n) is 3.56. The largest absolute Gasteiger partial charge is 0.467 e. The Labute approximate surface area is 126 Å². The number of rotatable bonds is 4. The van der Waals surface area contributed by atoms with Gasteiger partial charge >= 0.3 is 6.01 Å². The van der Waals surface area contributed by atoms with Crippen LogP contribution in [0.1, 0.15) is 18.0 Å². The van der Waals surface area contributed by atoms with Crippen molar-refractivity contribution in [3.63, 3.8) is 0 Å². The Balaban J connectivity index is 1.79. The van der Waals surface area contributed by atoms with Gasteiger partial charge in [0, 0.05) is 6.20 Å². The number of aliphatic hydroxyl groups is 1. The average Bonchev–Trinajstić information content (AvgIpc) is 2.86. The zero-order valence-corrected chi connectivity index (χ0v) is 12.4. The van der Waals surface area contributed by atoms with Crippen LogP contribution >= 0.6 is 11.6 Å². The quantitative estimate of drug-likeness (QED) is 0.888. The number of nitrogens with one attached hydrogen (secondary N) is 1. The van der Waals surface area contributed by atoms with Crippen LogP contribution in [0, 0.1) is 6.92 Å². The zero-order valence-electron chi connectivity index (χ0n) is 11.7. The maximum atomic E-state index is 10.00. The molecule has 0 bridgehead atoms. The topological polar surface area (TPSA) is 85.1 Å². The lowest BCUT2D eigenvalue weighted by atomic mass is 9.83. The summed E-state index contributed by atoms with van der Waals surface area (Å²) in [5, 5.41) is 17.9. The van der Waals surface area contributed by atoms with Crippen molar-refractivity contribution in [3.8, 4) is 6.01 Å². The standard InChI is InChI=1S/C13H16ClN5O2/c1-7-4-16-19(6-7)11-9(3-10(11)20)17-12-8(14)5-15-13(18-12)21-2/h4-6,9-11,20H,3H2,1-2H3,(H,15,17,18)/t9-,10+,11+/m0/s1. The van der Waals surface area contributed by atoms with Gasteiger partial charge in [0.1, 0.15) is 5.02 Å². The summed E-state index contributed by atoms with van der Waals surface area (Å²) in [6.07, 6.45) is 5.32. The third kappa shape index (κ3) is 2.66. The van der Waals surface area contributed by atoms with Crippen molar-refractivity contribution in [2.75, 3.05) is 12.4 Å². The molecule has 3 rings (SSSR count). The molecule has 2 aromatic heterocycles. The van der Waals surface area contributed by atoms with E-state index >= 15 is 0 Å². The van der Waals surface area contributed by atoms with Crippen molar-refractivity contribution in [2.45, 2.75) is 31.5 Å². The van der Waals surface area contributed by atoms with Crippen molar-refractivity contribution in [1.82, 2.24) is 19.7 Å². The van der Waals surface area contributed by atoms with E-state index in [2.05, 4.69) is 20.4 Å². The molecule has 2 heterocycles. The van der Waals surface area contributed by atoms with Crippen LogP contribution in [0.15, 0.2) is 18.6 Å². The summed E-state index contributed by atoms with van der Waals surface area (Å²) in [6.45, 7) is 1.96. The highest BCUT2D eigenvalue weighted by molar-refractivity contribution is 6.32. The third-order valence-corrected chi connectivity index (χ3v) is 3.84. The zero-order chi connectivity index (χ0) is 15.0. The second-order valence-electron chi connectivity index (χ2n) is 5.10. The molecule has 7 nitrogen and oxygen atoms in total. The number of ether oxygens (including phenoxy) is 1. The highest BCUT2D eigenvalue weighted by atomic mass is 35.5. The lowest BCUT2D eigenvalue weighted by molar-refractivity contribution is 0.0133. The summed E-state index contributed by atoms with van der Waals surface area (Å²) in [5.74, 6) is 0.495. The Morgan fingerprint density at radius 1 is 1.48 bits per heavy atom. The average molecular weight is 310 g/mol. The van der Waals surface area contributed by atoms with Crippen molar-refractivity contribution < 1.29 is 9.84 Å². The van der Waals surface area contributed by atoms with Gasteiger partial charge in [0.2, 0.25) is 0 Å². The van der Waals surface area contributed by atoms with Gasteiger partial charge < -0.3 is 15.2 Å². The molecule has 2 aromatic rings. The molecule has 0 unspecified atom stereocenters. The van der Waals surface area contributed by atoms with Crippen molar-refractivity contribution in [2.24, 2.45) is 0 Å². The molecule has 112 valence electrons. The molecule has 1 aliphatic carbocycles. The lowest BCUT2D eigenvalue weighted by Gasteiger charge is -2.42.